The molecule has 2 rings (SSSR count). The number of hydrogen-bond acceptors (Lipinski definition) is 4. The number of rotatable bonds is 4. The largest absolute Gasteiger partial charge is 0.399 e. The van der Waals surface area contributed by atoms with Gasteiger partial charge in [0.25, 0.3) is 0 Å². The predicted octanol–water partition coefficient (Wildman–Crippen LogP) is 2.40. The van der Waals surface area contributed by atoms with Gasteiger partial charge in [0, 0.05) is 19.3 Å². The van der Waals surface area contributed by atoms with Crippen molar-refractivity contribution in [2.45, 2.75) is 19.9 Å². The molecule has 0 aliphatic carbocycles. The Morgan fingerprint density at radius 1 is 1.21 bits per heavy atom. The second-order valence-electron chi connectivity index (χ2n) is 4.41. The van der Waals surface area contributed by atoms with Gasteiger partial charge in [0.15, 0.2) is 11.6 Å². The van der Waals surface area contributed by atoms with Crippen LogP contribution in [0.15, 0.2) is 30.6 Å². The third-order valence-electron chi connectivity index (χ3n) is 2.94. The molecule has 100 valence electrons. The van der Waals surface area contributed by atoms with Crippen LogP contribution in [0.3, 0.4) is 0 Å². The smallest absolute Gasteiger partial charge is 0.187 e. The maximum atomic E-state index is 14.1. The number of aryl methyl sites for hydroxylation is 1. The van der Waals surface area contributed by atoms with Gasteiger partial charge >= 0.3 is 0 Å². The van der Waals surface area contributed by atoms with E-state index in [1.807, 2.05) is 31.2 Å². The number of anilines is 2. The molecule has 0 atom stereocenters. The summed E-state index contributed by atoms with van der Waals surface area (Å²) in [5, 5.41) is 0. The Hall–Kier alpha value is -2.17. The maximum Gasteiger partial charge on any atom is 0.187 e. The van der Waals surface area contributed by atoms with Gasteiger partial charge in [0.1, 0.15) is 6.33 Å². The molecule has 0 fully saturated rings. The van der Waals surface area contributed by atoms with Crippen LogP contribution in [0.4, 0.5) is 15.9 Å². The first kappa shape index (κ1) is 13.3. The minimum Gasteiger partial charge on any atom is -0.399 e. The zero-order valence-corrected chi connectivity index (χ0v) is 11.1. The van der Waals surface area contributed by atoms with Crippen molar-refractivity contribution in [3.05, 3.63) is 47.7 Å². The van der Waals surface area contributed by atoms with E-state index in [0.717, 1.165) is 5.56 Å². The van der Waals surface area contributed by atoms with Gasteiger partial charge in [-0.1, -0.05) is 19.1 Å². The molecule has 1 aromatic carbocycles. The summed E-state index contributed by atoms with van der Waals surface area (Å²) in [6.07, 6.45) is 1.95. The van der Waals surface area contributed by atoms with Gasteiger partial charge in [-0.15, -0.1) is 0 Å². The van der Waals surface area contributed by atoms with E-state index >= 15 is 0 Å². The SMILES string of the molecule is CCc1ncnc(N(C)Cc2ccc(N)cc2)c1F. The lowest BCUT2D eigenvalue weighted by Gasteiger charge is -2.19. The minimum absolute atomic E-state index is 0.323. The quantitative estimate of drug-likeness (QED) is 0.858. The van der Waals surface area contributed by atoms with E-state index in [1.165, 1.54) is 6.33 Å². The highest BCUT2D eigenvalue weighted by molar-refractivity contribution is 5.43. The molecule has 0 aliphatic rings. The van der Waals surface area contributed by atoms with E-state index in [9.17, 15) is 4.39 Å². The van der Waals surface area contributed by atoms with Crippen molar-refractivity contribution in [3.63, 3.8) is 0 Å². The zero-order valence-electron chi connectivity index (χ0n) is 11.1. The number of benzene rings is 1. The van der Waals surface area contributed by atoms with Crippen LogP contribution in [0.1, 0.15) is 18.2 Å². The predicted molar refractivity (Wildman–Crippen MR) is 74.3 cm³/mol. The molecule has 0 saturated carbocycles. The summed E-state index contributed by atoms with van der Waals surface area (Å²) >= 11 is 0. The molecule has 5 heteroatoms. The van der Waals surface area contributed by atoms with Crippen LogP contribution in [0.5, 0.6) is 0 Å². The zero-order chi connectivity index (χ0) is 13.8. The second kappa shape index (κ2) is 5.65. The van der Waals surface area contributed by atoms with Gasteiger partial charge in [-0.2, -0.15) is 0 Å². The Labute approximate surface area is 112 Å². The molecule has 1 aromatic heterocycles. The Balaban J connectivity index is 2.20. The fourth-order valence-electron chi connectivity index (χ4n) is 1.88. The Morgan fingerprint density at radius 2 is 1.89 bits per heavy atom. The molecular formula is C14H17FN4. The van der Waals surface area contributed by atoms with Crippen LogP contribution in [-0.2, 0) is 13.0 Å². The lowest BCUT2D eigenvalue weighted by Crippen LogP contribution is -2.20. The molecule has 19 heavy (non-hydrogen) atoms. The third-order valence-corrected chi connectivity index (χ3v) is 2.94. The number of nitrogens with two attached hydrogens (primary N) is 1. The average Bonchev–Trinajstić information content (AvgIpc) is 2.41. The fourth-order valence-corrected chi connectivity index (χ4v) is 1.88. The molecule has 0 saturated heterocycles. The Bertz CT molecular complexity index is 554. The van der Waals surface area contributed by atoms with Gasteiger partial charge in [0.2, 0.25) is 0 Å². The van der Waals surface area contributed by atoms with Crippen molar-refractivity contribution < 1.29 is 4.39 Å². The Morgan fingerprint density at radius 3 is 2.53 bits per heavy atom. The van der Waals surface area contributed by atoms with Crippen LogP contribution in [0, 0.1) is 5.82 Å². The Kier molecular flexibility index (Phi) is 3.94. The van der Waals surface area contributed by atoms with Gasteiger partial charge in [-0.25, -0.2) is 14.4 Å². The molecule has 2 aromatic rings. The highest BCUT2D eigenvalue weighted by atomic mass is 19.1. The van der Waals surface area contributed by atoms with Gasteiger partial charge in [0.05, 0.1) is 5.69 Å². The molecule has 0 aliphatic heterocycles. The molecular weight excluding hydrogens is 243 g/mol. The molecule has 1 heterocycles. The van der Waals surface area contributed by atoms with Crippen molar-refractivity contribution in [1.82, 2.24) is 9.97 Å². The van der Waals surface area contributed by atoms with Gasteiger partial charge < -0.3 is 10.6 Å². The van der Waals surface area contributed by atoms with E-state index in [0.29, 0.717) is 30.2 Å². The first-order valence-corrected chi connectivity index (χ1v) is 6.16. The second-order valence-corrected chi connectivity index (χ2v) is 4.41. The third kappa shape index (κ3) is 2.99. The lowest BCUT2D eigenvalue weighted by molar-refractivity contribution is 0.588. The summed E-state index contributed by atoms with van der Waals surface area (Å²) in [6.45, 7) is 2.44. The molecule has 0 unspecified atom stereocenters. The minimum atomic E-state index is -0.344. The number of hydrogen-bond donors (Lipinski definition) is 1. The van der Waals surface area contributed by atoms with Gasteiger partial charge in [-0.05, 0) is 24.1 Å². The maximum absolute atomic E-state index is 14.1. The summed E-state index contributed by atoms with van der Waals surface area (Å²) in [5.41, 5.74) is 7.84. The molecule has 0 spiro atoms. The van der Waals surface area contributed by atoms with Crippen molar-refractivity contribution in [1.29, 1.82) is 0 Å². The van der Waals surface area contributed by atoms with Crippen molar-refractivity contribution in [2.75, 3.05) is 17.7 Å². The number of halogens is 1. The van der Waals surface area contributed by atoms with Crippen molar-refractivity contribution in [2.24, 2.45) is 0 Å². The normalized spacial score (nSPS) is 10.5. The van der Waals surface area contributed by atoms with Crippen molar-refractivity contribution >= 4 is 11.5 Å². The lowest BCUT2D eigenvalue weighted by atomic mass is 10.2. The van der Waals surface area contributed by atoms with Gasteiger partial charge in [-0.3, -0.25) is 0 Å². The fraction of sp³-hybridized carbons (Fsp3) is 0.286. The molecule has 2 N–H and O–H groups in total. The van der Waals surface area contributed by atoms with Crippen LogP contribution in [0.25, 0.3) is 0 Å². The monoisotopic (exact) mass is 260 g/mol. The van der Waals surface area contributed by atoms with E-state index in [2.05, 4.69) is 9.97 Å². The number of nitrogens with zero attached hydrogens (tertiary/aromatic N) is 3. The molecule has 0 bridgehead atoms. The topological polar surface area (TPSA) is 55.0 Å². The van der Waals surface area contributed by atoms with Crippen LogP contribution < -0.4 is 10.6 Å². The van der Waals surface area contributed by atoms with Crippen LogP contribution in [-0.4, -0.2) is 17.0 Å². The number of nitrogen functional groups attached to an aromatic ring is 1. The van der Waals surface area contributed by atoms with Crippen LogP contribution in [0.2, 0.25) is 0 Å². The van der Waals surface area contributed by atoms with E-state index in [4.69, 9.17) is 5.73 Å². The molecule has 0 amide bonds. The van der Waals surface area contributed by atoms with Crippen LogP contribution >= 0.6 is 0 Å². The summed E-state index contributed by atoms with van der Waals surface area (Å²) in [4.78, 5) is 9.71. The van der Waals surface area contributed by atoms with E-state index < -0.39 is 0 Å². The van der Waals surface area contributed by atoms with Crippen molar-refractivity contribution in [3.8, 4) is 0 Å². The number of aromatic nitrogens is 2. The van der Waals surface area contributed by atoms with E-state index in [-0.39, 0.29) is 5.82 Å². The highest BCUT2D eigenvalue weighted by Crippen LogP contribution is 2.19. The average molecular weight is 260 g/mol. The first-order chi connectivity index (χ1) is 9.11. The summed E-state index contributed by atoms with van der Waals surface area (Å²) in [5.74, 6) is -0.0216. The highest BCUT2D eigenvalue weighted by Gasteiger charge is 2.13. The summed E-state index contributed by atoms with van der Waals surface area (Å²) < 4.78 is 14.1. The summed E-state index contributed by atoms with van der Waals surface area (Å²) in [6, 6.07) is 7.51. The standard InChI is InChI=1S/C14H17FN4/c1-3-12-13(15)14(18-9-17-12)19(2)8-10-4-6-11(16)7-5-10/h4-7,9H,3,8,16H2,1-2H3. The molecule has 4 nitrogen and oxygen atoms in total. The summed E-state index contributed by atoms with van der Waals surface area (Å²) in [7, 11) is 1.81. The first-order valence-electron chi connectivity index (χ1n) is 6.16. The van der Waals surface area contributed by atoms with E-state index in [1.54, 1.807) is 11.9 Å². The molecule has 0 radical (unpaired) electrons.